The van der Waals surface area contributed by atoms with Crippen molar-refractivity contribution in [2.75, 3.05) is 13.3 Å². The number of guanidine groups is 1. The highest BCUT2D eigenvalue weighted by Crippen LogP contribution is 2.08. The monoisotopic (exact) mass is 363 g/mol. The van der Waals surface area contributed by atoms with Crippen LogP contribution in [0.2, 0.25) is 0 Å². The molecule has 5 nitrogen and oxygen atoms in total. The molecule has 0 aliphatic heterocycles. The summed E-state index contributed by atoms with van der Waals surface area (Å²) in [6.45, 7) is 1.09. The van der Waals surface area contributed by atoms with Crippen molar-refractivity contribution >= 4 is 15.8 Å². The fraction of sp³-hybridized carbons (Fsp3) is 0.278. The van der Waals surface area contributed by atoms with Gasteiger partial charge in [0.1, 0.15) is 5.82 Å². The minimum Gasteiger partial charge on any atom is -0.352 e. The number of halogens is 1. The molecule has 134 valence electrons. The van der Waals surface area contributed by atoms with E-state index in [9.17, 15) is 12.8 Å². The van der Waals surface area contributed by atoms with Crippen molar-refractivity contribution in [3.63, 3.8) is 0 Å². The number of hydrogen-bond donors (Lipinski definition) is 2. The predicted octanol–water partition coefficient (Wildman–Crippen LogP) is 2.24. The standard InChI is InChI=1S/C18H22FN3O2S/c1-20-18(22-12-15-7-9-17(19)10-8-15)21-11-14-3-5-16(6-4-14)13-25(2,23)24/h3-10H,11-13H2,1-2H3,(H2,20,21,22). The second kappa shape index (κ2) is 8.62. The van der Waals surface area contributed by atoms with Gasteiger partial charge >= 0.3 is 0 Å². The zero-order valence-corrected chi connectivity index (χ0v) is 15.1. The van der Waals surface area contributed by atoms with Crippen LogP contribution in [0.15, 0.2) is 53.5 Å². The number of sulfone groups is 1. The summed E-state index contributed by atoms with van der Waals surface area (Å²) in [5.41, 5.74) is 2.74. The van der Waals surface area contributed by atoms with Crippen LogP contribution in [0.5, 0.6) is 0 Å². The largest absolute Gasteiger partial charge is 0.352 e. The van der Waals surface area contributed by atoms with E-state index in [1.807, 2.05) is 24.3 Å². The molecule has 2 rings (SSSR count). The molecule has 0 fully saturated rings. The van der Waals surface area contributed by atoms with E-state index in [4.69, 9.17) is 0 Å². The maximum atomic E-state index is 12.9. The Morgan fingerprint density at radius 2 is 1.36 bits per heavy atom. The van der Waals surface area contributed by atoms with Crippen molar-refractivity contribution in [2.24, 2.45) is 4.99 Å². The molecule has 0 unspecified atom stereocenters. The van der Waals surface area contributed by atoms with Crippen LogP contribution >= 0.6 is 0 Å². The maximum absolute atomic E-state index is 12.9. The molecule has 0 spiro atoms. The van der Waals surface area contributed by atoms with Crippen LogP contribution in [-0.4, -0.2) is 27.7 Å². The lowest BCUT2D eigenvalue weighted by Crippen LogP contribution is -2.36. The molecule has 0 bridgehead atoms. The molecular weight excluding hydrogens is 341 g/mol. The Balaban J connectivity index is 1.85. The number of rotatable bonds is 6. The lowest BCUT2D eigenvalue weighted by Gasteiger charge is -2.12. The highest BCUT2D eigenvalue weighted by Gasteiger charge is 2.05. The second-order valence-electron chi connectivity index (χ2n) is 5.79. The summed E-state index contributed by atoms with van der Waals surface area (Å²) in [6.07, 6.45) is 1.22. The summed E-state index contributed by atoms with van der Waals surface area (Å²) in [7, 11) is -1.35. The van der Waals surface area contributed by atoms with E-state index in [-0.39, 0.29) is 11.6 Å². The van der Waals surface area contributed by atoms with E-state index >= 15 is 0 Å². The minimum atomic E-state index is -3.02. The molecule has 0 heterocycles. The Kier molecular flexibility index (Phi) is 6.52. The van der Waals surface area contributed by atoms with Crippen molar-refractivity contribution in [3.05, 3.63) is 71.0 Å². The van der Waals surface area contributed by atoms with Gasteiger partial charge in [0.05, 0.1) is 5.75 Å². The van der Waals surface area contributed by atoms with Crippen LogP contribution < -0.4 is 10.6 Å². The maximum Gasteiger partial charge on any atom is 0.191 e. The third kappa shape index (κ3) is 6.93. The average Bonchev–Trinajstić information content (AvgIpc) is 2.56. The van der Waals surface area contributed by atoms with Gasteiger partial charge in [-0.25, -0.2) is 12.8 Å². The third-order valence-electron chi connectivity index (χ3n) is 3.51. The number of hydrogen-bond acceptors (Lipinski definition) is 3. The second-order valence-corrected chi connectivity index (χ2v) is 7.93. The molecule has 2 N–H and O–H groups in total. The fourth-order valence-electron chi connectivity index (χ4n) is 2.25. The summed E-state index contributed by atoms with van der Waals surface area (Å²) in [6, 6.07) is 13.7. The molecule has 7 heteroatoms. The smallest absolute Gasteiger partial charge is 0.191 e. The van der Waals surface area contributed by atoms with Gasteiger partial charge in [0.25, 0.3) is 0 Å². The molecule has 0 saturated carbocycles. The van der Waals surface area contributed by atoms with Gasteiger partial charge in [0, 0.05) is 26.4 Å². The normalized spacial score (nSPS) is 12.0. The summed E-state index contributed by atoms with van der Waals surface area (Å²) in [4.78, 5) is 4.14. The number of nitrogens with one attached hydrogen (secondary N) is 2. The van der Waals surface area contributed by atoms with Crippen molar-refractivity contribution in [3.8, 4) is 0 Å². The van der Waals surface area contributed by atoms with Gasteiger partial charge < -0.3 is 10.6 Å². The first-order chi connectivity index (χ1) is 11.9. The zero-order chi connectivity index (χ0) is 18.3. The molecule has 0 saturated heterocycles. The number of benzene rings is 2. The molecule has 2 aromatic carbocycles. The SMILES string of the molecule is CN=C(NCc1ccc(F)cc1)NCc1ccc(CS(C)(=O)=O)cc1. The van der Waals surface area contributed by atoms with E-state index < -0.39 is 9.84 Å². The zero-order valence-electron chi connectivity index (χ0n) is 14.3. The van der Waals surface area contributed by atoms with Gasteiger partial charge in [0.15, 0.2) is 15.8 Å². The molecule has 25 heavy (non-hydrogen) atoms. The van der Waals surface area contributed by atoms with Crippen LogP contribution in [0, 0.1) is 5.82 Å². The van der Waals surface area contributed by atoms with Crippen LogP contribution in [0.1, 0.15) is 16.7 Å². The summed E-state index contributed by atoms with van der Waals surface area (Å²) < 4.78 is 35.5. The molecule has 0 atom stereocenters. The van der Waals surface area contributed by atoms with Crippen molar-refractivity contribution in [2.45, 2.75) is 18.8 Å². The lowest BCUT2D eigenvalue weighted by atomic mass is 10.1. The highest BCUT2D eigenvalue weighted by molar-refractivity contribution is 7.89. The summed E-state index contributed by atoms with van der Waals surface area (Å²) in [5, 5.41) is 6.34. The Labute approximate surface area is 147 Å². The van der Waals surface area contributed by atoms with Crippen molar-refractivity contribution in [1.82, 2.24) is 10.6 Å². The van der Waals surface area contributed by atoms with Gasteiger partial charge in [-0.2, -0.15) is 0 Å². The Morgan fingerprint density at radius 1 is 0.920 bits per heavy atom. The minimum absolute atomic E-state index is 0.0433. The van der Waals surface area contributed by atoms with Gasteiger partial charge in [-0.1, -0.05) is 36.4 Å². The Bertz CT molecular complexity index is 816. The van der Waals surface area contributed by atoms with Gasteiger partial charge in [-0.3, -0.25) is 4.99 Å². The van der Waals surface area contributed by atoms with Gasteiger partial charge in [0.2, 0.25) is 0 Å². The third-order valence-corrected chi connectivity index (χ3v) is 4.37. The van der Waals surface area contributed by atoms with Crippen molar-refractivity contribution < 1.29 is 12.8 Å². The van der Waals surface area contributed by atoms with E-state index in [0.717, 1.165) is 16.7 Å². The van der Waals surface area contributed by atoms with Crippen LogP contribution in [0.3, 0.4) is 0 Å². The van der Waals surface area contributed by atoms with E-state index in [1.54, 1.807) is 19.2 Å². The van der Waals surface area contributed by atoms with Crippen LogP contribution in [-0.2, 0) is 28.7 Å². The Morgan fingerprint density at radius 3 is 1.80 bits per heavy atom. The van der Waals surface area contributed by atoms with E-state index in [1.165, 1.54) is 18.4 Å². The van der Waals surface area contributed by atoms with Crippen molar-refractivity contribution in [1.29, 1.82) is 0 Å². The summed E-state index contributed by atoms with van der Waals surface area (Å²) >= 11 is 0. The molecule has 0 aliphatic rings. The molecule has 0 aliphatic carbocycles. The number of aliphatic imine (C=N–C) groups is 1. The van der Waals surface area contributed by atoms with E-state index in [0.29, 0.717) is 19.0 Å². The number of nitrogens with zero attached hydrogens (tertiary/aromatic N) is 1. The lowest BCUT2D eigenvalue weighted by molar-refractivity contribution is 0.601. The van der Waals surface area contributed by atoms with Crippen LogP contribution in [0.4, 0.5) is 4.39 Å². The molecular formula is C18H22FN3O2S. The first-order valence-electron chi connectivity index (χ1n) is 7.80. The quantitative estimate of drug-likeness (QED) is 0.610. The fourth-order valence-corrected chi connectivity index (χ4v) is 3.05. The predicted molar refractivity (Wildman–Crippen MR) is 98.4 cm³/mol. The molecule has 2 aromatic rings. The average molecular weight is 363 g/mol. The summed E-state index contributed by atoms with van der Waals surface area (Å²) in [5.74, 6) is 0.414. The van der Waals surface area contributed by atoms with Gasteiger partial charge in [-0.05, 0) is 28.8 Å². The molecule has 0 radical (unpaired) electrons. The topological polar surface area (TPSA) is 70.6 Å². The van der Waals surface area contributed by atoms with Gasteiger partial charge in [-0.15, -0.1) is 0 Å². The Hall–Kier alpha value is -2.41. The highest BCUT2D eigenvalue weighted by atomic mass is 32.2. The first kappa shape index (κ1) is 18.9. The molecule has 0 amide bonds. The van der Waals surface area contributed by atoms with E-state index in [2.05, 4.69) is 15.6 Å². The molecule has 0 aromatic heterocycles. The first-order valence-corrected chi connectivity index (χ1v) is 9.86. The van der Waals surface area contributed by atoms with Crippen LogP contribution in [0.25, 0.3) is 0 Å².